The number of aromatic nitrogens is 2. The van der Waals surface area contributed by atoms with Gasteiger partial charge in [-0.3, -0.25) is 0 Å². The second-order valence-electron chi connectivity index (χ2n) is 3.58. The van der Waals surface area contributed by atoms with Crippen molar-refractivity contribution < 1.29 is 4.39 Å². The second kappa shape index (κ2) is 3.38. The van der Waals surface area contributed by atoms with Gasteiger partial charge in [-0.2, -0.15) is 0 Å². The number of hydrogen-bond donors (Lipinski definition) is 1. The maximum Gasteiger partial charge on any atom is 0.125 e. The van der Waals surface area contributed by atoms with E-state index in [0.29, 0.717) is 0 Å². The highest BCUT2D eigenvalue weighted by atomic mass is 19.1. The minimum atomic E-state index is -0.238. The molecule has 1 heterocycles. The molecule has 2 aromatic rings. The molecule has 3 nitrogen and oxygen atoms in total. The summed E-state index contributed by atoms with van der Waals surface area (Å²) >= 11 is 0. The van der Waals surface area contributed by atoms with Crippen molar-refractivity contribution in [3.8, 4) is 0 Å². The summed E-state index contributed by atoms with van der Waals surface area (Å²) < 4.78 is 12.9. The number of hydrogen-bond acceptors (Lipinski definition) is 2. The topological polar surface area (TPSA) is 31.9 Å². The lowest BCUT2D eigenvalue weighted by molar-refractivity contribution is 0.392. The second-order valence-corrected chi connectivity index (χ2v) is 3.58. The maximum absolute atomic E-state index is 12.9. The Kier molecular flexibility index (Phi) is 2.21. The molecular weight excluding hydrogens is 181 g/mol. The first kappa shape index (κ1) is 9.15. The SMILES string of the molecule is CN(C)Cc1nc2ccc(F)cc2[nH]1. The van der Waals surface area contributed by atoms with Crippen LogP contribution in [0.5, 0.6) is 0 Å². The Morgan fingerprint density at radius 2 is 2.21 bits per heavy atom. The van der Waals surface area contributed by atoms with Crippen molar-refractivity contribution in [2.24, 2.45) is 0 Å². The van der Waals surface area contributed by atoms with E-state index in [4.69, 9.17) is 0 Å². The van der Waals surface area contributed by atoms with E-state index in [-0.39, 0.29) is 5.82 Å². The molecule has 2 rings (SSSR count). The van der Waals surface area contributed by atoms with Gasteiger partial charge in [-0.15, -0.1) is 0 Å². The first-order chi connectivity index (χ1) is 6.65. The van der Waals surface area contributed by atoms with Gasteiger partial charge in [0.05, 0.1) is 17.6 Å². The Morgan fingerprint density at radius 1 is 1.43 bits per heavy atom. The highest BCUT2D eigenvalue weighted by Crippen LogP contribution is 2.13. The summed E-state index contributed by atoms with van der Waals surface area (Å²) in [5.41, 5.74) is 1.56. The third kappa shape index (κ3) is 1.75. The van der Waals surface area contributed by atoms with E-state index in [1.165, 1.54) is 12.1 Å². The van der Waals surface area contributed by atoms with Crippen LogP contribution in [-0.4, -0.2) is 29.0 Å². The monoisotopic (exact) mass is 193 g/mol. The zero-order valence-corrected chi connectivity index (χ0v) is 8.21. The normalized spacial score (nSPS) is 11.4. The molecular formula is C10H12FN3. The molecule has 0 radical (unpaired) electrons. The fraction of sp³-hybridized carbons (Fsp3) is 0.300. The summed E-state index contributed by atoms with van der Waals surface area (Å²) in [5, 5.41) is 0. The number of imidazole rings is 1. The first-order valence-corrected chi connectivity index (χ1v) is 4.44. The van der Waals surface area contributed by atoms with Crippen LogP contribution in [-0.2, 0) is 6.54 Å². The third-order valence-electron chi connectivity index (χ3n) is 1.96. The smallest absolute Gasteiger partial charge is 0.125 e. The molecule has 0 spiro atoms. The predicted molar refractivity (Wildman–Crippen MR) is 53.4 cm³/mol. The lowest BCUT2D eigenvalue weighted by atomic mass is 10.3. The fourth-order valence-corrected chi connectivity index (χ4v) is 1.41. The highest BCUT2D eigenvalue weighted by Gasteiger charge is 2.03. The van der Waals surface area contributed by atoms with E-state index in [9.17, 15) is 4.39 Å². The van der Waals surface area contributed by atoms with Crippen LogP contribution in [0.25, 0.3) is 11.0 Å². The third-order valence-corrected chi connectivity index (χ3v) is 1.96. The van der Waals surface area contributed by atoms with Crippen LogP contribution in [0.15, 0.2) is 18.2 Å². The van der Waals surface area contributed by atoms with E-state index in [2.05, 4.69) is 9.97 Å². The summed E-state index contributed by atoms with van der Waals surface area (Å²) in [6.07, 6.45) is 0. The van der Waals surface area contributed by atoms with E-state index < -0.39 is 0 Å². The van der Waals surface area contributed by atoms with Gasteiger partial charge in [0.1, 0.15) is 11.6 Å². The molecule has 74 valence electrons. The van der Waals surface area contributed by atoms with Crippen molar-refractivity contribution in [1.29, 1.82) is 0 Å². The molecule has 0 aliphatic carbocycles. The number of halogens is 1. The molecule has 1 aromatic heterocycles. The molecule has 0 aliphatic rings. The number of H-pyrrole nitrogens is 1. The van der Waals surface area contributed by atoms with Gasteiger partial charge in [-0.1, -0.05) is 0 Å². The van der Waals surface area contributed by atoms with Crippen molar-refractivity contribution >= 4 is 11.0 Å². The van der Waals surface area contributed by atoms with Crippen LogP contribution in [0, 0.1) is 5.82 Å². The molecule has 4 heteroatoms. The van der Waals surface area contributed by atoms with Gasteiger partial charge in [-0.25, -0.2) is 9.37 Å². The average Bonchev–Trinajstić information content (AvgIpc) is 2.44. The molecule has 0 aliphatic heterocycles. The molecule has 14 heavy (non-hydrogen) atoms. The molecule has 0 fully saturated rings. The zero-order valence-electron chi connectivity index (χ0n) is 8.21. The van der Waals surface area contributed by atoms with Crippen LogP contribution in [0.1, 0.15) is 5.82 Å². The number of aromatic amines is 1. The van der Waals surface area contributed by atoms with E-state index in [1.807, 2.05) is 19.0 Å². The van der Waals surface area contributed by atoms with Crippen LogP contribution >= 0.6 is 0 Å². The van der Waals surface area contributed by atoms with E-state index >= 15 is 0 Å². The van der Waals surface area contributed by atoms with Crippen molar-refractivity contribution in [3.63, 3.8) is 0 Å². The molecule has 1 N–H and O–H groups in total. The Hall–Kier alpha value is -1.42. The van der Waals surface area contributed by atoms with Crippen LogP contribution < -0.4 is 0 Å². The summed E-state index contributed by atoms with van der Waals surface area (Å²) in [4.78, 5) is 9.41. The molecule has 0 saturated heterocycles. The number of nitrogens with one attached hydrogen (secondary N) is 1. The predicted octanol–water partition coefficient (Wildman–Crippen LogP) is 1.76. The summed E-state index contributed by atoms with van der Waals surface area (Å²) in [6, 6.07) is 4.56. The molecule has 0 atom stereocenters. The Morgan fingerprint density at radius 3 is 2.93 bits per heavy atom. The van der Waals surface area contributed by atoms with Crippen LogP contribution in [0.2, 0.25) is 0 Å². The quantitative estimate of drug-likeness (QED) is 0.788. The fourth-order valence-electron chi connectivity index (χ4n) is 1.41. The van der Waals surface area contributed by atoms with Crippen molar-refractivity contribution in [2.75, 3.05) is 14.1 Å². The van der Waals surface area contributed by atoms with Gasteiger partial charge in [-0.05, 0) is 32.3 Å². The number of benzene rings is 1. The van der Waals surface area contributed by atoms with Gasteiger partial charge in [0.2, 0.25) is 0 Å². The summed E-state index contributed by atoms with van der Waals surface area (Å²) in [7, 11) is 3.93. The molecule has 0 unspecified atom stereocenters. The molecule has 0 saturated carbocycles. The van der Waals surface area contributed by atoms with E-state index in [1.54, 1.807) is 6.07 Å². The Bertz CT molecular complexity index is 448. The molecule has 0 bridgehead atoms. The van der Waals surface area contributed by atoms with Crippen molar-refractivity contribution in [1.82, 2.24) is 14.9 Å². The minimum Gasteiger partial charge on any atom is -0.341 e. The maximum atomic E-state index is 12.9. The summed E-state index contributed by atoms with van der Waals surface area (Å²) in [6.45, 7) is 0.732. The average molecular weight is 193 g/mol. The van der Waals surface area contributed by atoms with Gasteiger partial charge in [0.25, 0.3) is 0 Å². The van der Waals surface area contributed by atoms with Crippen molar-refractivity contribution in [3.05, 3.63) is 29.8 Å². The molecule has 1 aromatic carbocycles. The first-order valence-electron chi connectivity index (χ1n) is 4.44. The van der Waals surface area contributed by atoms with Gasteiger partial charge in [0, 0.05) is 0 Å². The number of fused-ring (bicyclic) bond motifs is 1. The lowest BCUT2D eigenvalue weighted by Gasteiger charge is -2.04. The Balaban J connectivity index is 2.41. The number of nitrogens with zero attached hydrogens (tertiary/aromatic N) is 2. The highest BCUT2D eigenvalue weighted by molar-refractivity contribution is 5.74. The minimum absolute atomic E-state index is 0.238. The van der Waals surface area contributed by atoms with Crippen LogP contribution in [0.4, 0.5) is 4.39 Å². The Labute approximate surface area is 81.6 Å². The van der Waals surface area contributed by atoms with Gasteiger partial charge < -0.3 is 9.88 Å². The van der Waals surface area contributed by atoms with Crippen LogP contribution in [0.3, 0.4) is 0 Å². The van der Waals surface area contributed by atoms with Crippen molar-refractivity contribution in [2.45, 2.75) is 6.54 Å². The summed E-state index contributed by atoms with van der Waals surface area (Å²) in [5.74, 6) is 0.619. The standard InChI is InChI=1S/C10H12FN3/c1-14(2)6-10-12-8-4-3-7(11)5-9(8)13-10/h3-5H,6H2,1-2H3,(H,12,13). The lowest BCUT2D eigenvalue weighted by Crippen LogP contribution is -2.11. The largest absolute Gasteiger partial charge is 0.341 e. The van der Waals surface area contributed by atoms with Gasteiger partial charge >= 0.3 is 0 Å². The van der Waals surface area contributed by atoms with E-state index in [0.717, 1.165) is 23.4 Å². The van der Waals surface area contributed by atoms with Gasteiger partial charge in [0.15, 0.2) is 0 Å². The zero-order chi connectivity index (χ0) is 10.1. The number of rotatable bonds is 2. The molecule has 0 amide bonds.